The molecular formula is C14H14N2O2. The van der Waals surface area contributed by atoms with Gasteiger partial charge < -0.3 is 9.72 Å². The number of H-pyrrole nitrogens is 1. The molecule has 0 atom stereocenters. The molecule has 18 heavy (non-hydrogen) atoms. The molecule has 0 fully saturated rings. The average molecular weight is 242 g/mol. The van der Waals surface area contributed by atoms with Crippen LogP contribution in [0.2, 0.25) is 0 Å². The fourth-order valence-electron chi connectivity index (χ4n) is 2.25. The second kappa shape index (κ2) is 4.29. The first-order valence-corrected chi connectivity index (χ1v) is 6.06. The first-order valence-electron chi connectivity index (χ1n) is 6.06. The predicted molar refractivity (Wildman–Crippen MR) is 68.8 cm³/mol. The lowest BCUT2D eigenvalue weighted by atomic mass is 10.0. The number of fused-ring (bicyclic) bond motifs is 1. The van der Waals surface area contributed by atoms with Crippen molar-refractivity contribution in [2.45, 2.75) is 19.8 Å². The fraction of sp³-hybridized carbons (Fsp3) is 0.286. The molecule has 1 aliphatic rings. The molecule has 3 rings (SSSR count). The zero-order valence-corrected chi connectivity index (χ0v) is 10.2. The van der Waals surface area contributed by atoms with Crippen LogP contribution in [-0.4, -0.2) is 16.6 Å². The highest BCUT2D eigenvalue weighted by atomic mass is 16.5. The summed E-state index contributed by atoms with van der Waals surface area (Å²) in [5.41, 5.74) is 3.38. The Balaban J connectivity index is 2.08. The standard InChI is InChI=1S/C14H14N2O2/c1-9-7-12(16-14(17)15-9)10-4-5-13-11(8-10)3-2-6-18-13/h4-5,7-8H,2-3,6H2,1H3,(H,15,16,17). The Labute approximate surface area is 105 Å². The van der Waals surface area contributed by atoms with Crippen LogP contribution in [0.5, 0.6) is 5.75 Å². The topological polar surface area (TPSA) is 55.0 Å². The van der Waals surface area contributed by atoms with Crippen molar-refractivity contribution in [3.05, 3.63) is 46.0 Å². The molecule has 0 radical (unpaired) electrons. The Kier molecular flexibility index (Phi) is 2.63. The van der Waals surface area contributed by atoms with E-state index in [9.17, 15) is 4.79 Å². The molecule has 1 aromatic carbocycles. The molecule has 92 valence electrons. The quantitative estimate of drug-likeness (QED) is 0.832. The lowest BCUT2D eigenvalue weighted by Gasteiger charge is -2.17. The van der Waals surface area contributed by atoms with Gasteiger partial charge in [0.1, 0.15) is 5.75 Å². The van der Waals surface area contributed by atoms with Crippen LogP contribution in [-0.2, 0) is 6.42 Å². The molecular weight excluding hydrogens is 228 g/mol. The summed E-state index contributed by atoms with van der Waals surface area (Å²) in [7, 11) is 0. The third-order valence-corrected chi connectivity index (χ3v) is 3.08. The Hall–Kier alpha value is -2.10. The number of hydrogen-bond donors (Lipinski definition) is 1. The molecule has 0 unspecified atom stereocenters. The van der Waals surface area contributed by atoms with Gasteiger partial charge in [-0.3, -0.25) is 0 Å². The maximum absolute atomic E-state index is 11.4. The molecule has 0 aliphatic carbocycles. The highest BCUT2D eigenvalue weighted by molar-refractivity contribution is 5.62. The van der Waals surface area contributed by atoms with E-state index in [2.05, 4.69) is 16.0 Å². The van der Waals surface area contributed by atoms with E-state index in [4.69, 9.17) is 4.74 Å². The maximum Gasteiger partial charge on any atom is 0.345 e. The number of nitrogens with zero attached hydrogens (tertiary/aromatic N) is 1. The second-order valence-corrected chi connectivity index (χ2v) is 4.53. The van der Waals surface area contributed by atoms with Crippen molar-refractivity contribution in [3.8, 4) is 17.0 Å². The van der Waals surface area contributed by atoms with Crippen LogP contribution in [0, 0.1) is 6.92 Å². The number of benzene rings is 1. The first kappa shape index (κ1) is 11.0. The van der Waals surface area contributed by atoms with Crippen LogP contribution in [0.25, 0.3) is 11.3 Å². The molecule has 1 N–H and O–H groups in total. The largest absolute Gasteiger partial charge is 0.493 e. The van der Waals surface area contributed by atoms with Crippen LogP contribution in [0.15, 0.2) is 29.1 Å². The van der Waals surface area contributed by atoms with E-state index < -0.39 is 0 Å². The van der Waals surface area contributed by atoms with Crippen LogP contribution in [0.4, 0.5) is 0 Å². The molecule has 4 heteroatoms. The Bertz CT molecular complexity index is 646. The van der Waals surface area contributed by atoms with Gasteiger partial charge in [0, 0.05) is 11.3 Å². The summed E-state index contributed by atoms with van der Waals surface area (Å²) in [5.74, 6) is 0.951. The Morgan fingerprint density at radius 3 is 3.06 bits per heavy atom. The van der Waals surface area contributed by atoms with E-state index in [-0.39, 0.29) is 5.69 Å². The third-order valence-electron chi connectivity index (χ3n) is 3.08. The minimum Gasteiger partial charge on any atom is -0.493 e. The van der Waals surface area contributed by atoms with Crippen molar-refractivity contribution in [1.82, 2.24) is 9.97 Å². The highest BCUT2D eigenvalue weighted by Crippen LogP contribution is 2.29. The van der Waals surface area contributed by atoms with Gasteiger partial charge in [-0.2, -0.15) is 4.98 Å². The molecule has 0 spiro atoms. The van der Waals surface area contributed by atoms with E-state index >= 15 is 0 Å². The molecule has 2 heterocycles. The number of nitrogens with one attached hydrogen (secondary N) is 1. The number of aryl methyl sites for hydroxylation is 2. The predicted octanol–water partition coefficient (Wildman–Crippen LogP) is 2.07. The highest BCUT2D eigenvalue weighted by Gasteiger charge is 2.12. The van der Waals surface area contributed by atoms with Crippen molar-refractivity contribution in [1.29, 1.82) is 0 Å². The minimum absolute atomic E-state index is 0.307. The zero-order chi connectivity index (χ0) is 12.5. The van der Waals surface area contributed by atoms with Gasteiger partial charge in [0.2, 0.25) is 0 Å². The van der Waals surface area contributed by atoms with Crippen molar-refractivity contribution >= 4 is 0 Å². The van der Waals surface area contributed by atoms with Crippen molar-refractivity contribution < 1.29 is 4.74 Å². The van der Waals surface area contributed by atoms with Gasteiger partial charge >= 0.3 is 5.69 Å². The monoisotopic (exact) mass is 242 g/mol. The van der Waals surface area contributed by atoms with Crippen molar-refractivity contribution in [2.24, 2.45) is 0 Å². The average Bonchev–Trinajstić information content (AvgIpc) is 2.37. The smallest absolute Gasteiger partial charge is 0.345 e. The molecule has 4 nitrogen and oxygen atoms in total. The fourth-order valence-corrected chi connectivity index (χ4v) is 2.25. The summed E-state index contributed by atoms with van der Waals surface area (Å²) in [5, 5.41) is 0. The summed E-state index contributed by atoms with van der Waals surface area (Å²) >= 11 is 0. The third kappa shape index (κ3) is 2.01. The van der Waals surface area contributed by atoms with Gasteiger partial charge in [0.15, 0.2) is 0 Å². The number of rotatable bonds is 1. The second-order valence-electron chi connectivity index (χ2n) is 4.53. The van der Waals surface area contributed by atoms with Gasteiger partial charge in [0.05, 0.1) is 12.3 Å². The maximum atomic E-state index is 11.4. The summed E-state index contributed by atoms with van der Waals surface area (Å²) < 4.78 is 5.57. The van der Waals surface area contributed by atoms with Crippen LogP contribution in [0.1, 0.15) is 17.7 Å². The van der Waals surface area contributed by atoms with Crippen molar-refractivity contribution in [3.63, 3.8) is 0 Å². The minimum atomic E-state index is -0.307. The number of ether oxygens (including phenoxy) is 1. The lowest BCUT2D eigenvalue weighted by Crippen LogP contribution is -2.12. The SMILES string of the molecule is Cc1cc(-c2ccc3c(c2)CCCO3)nc(=O)[nH]1. The van der Waals surface area contributed by atoms with E-state index in [0.717, 1.165) is 36.5 Å². The van der Waals surface area contributed by atoms with Crippen molar-refractivity contribution in [2.75, 3.05) is 6.61 Å². The van der Waals surface area contributed by atoms with Crippen LogP contribution in [0.3, 0.4) is 0 Å². The first-order chi connectivity index (χ1) is 8.72. The number of hydrogen-bond acceptors (Lipinski definition) is 3. The van der Waals surface area contributed by atoms with E-state index in [0.29, 0.717) is 5.69 Å². The molecule has 1 aromatic heterocycles. The molecule has 1 aliphatic heterocycles. The van der Waals surface area contributed by atoms with Crippen LogP contribution < -0.4 is 10.4 Å². The van der Waals surface area contributed by atoms with E-state index in [1.807, 2.05) is 25.1 Å². The van der Waals surface area contributed by atoms with Gasteiger partial charge in [-0.05, 0) is 49.6 Å². The van der Waals surface area contributed by atoms with Gasteiger partial charge in [0.25, 0.3) is 0 Å². The van der Waals surface area contributed by atoms with Gasteiger partial charge in [-0.25, -0.2) is 4.79 Å². The Morgan fingerprint density at radius 2 is 2.22 bits per heavy atom. The van der Waals surface area contributed by atoms with E-state index in [1.165, 1.54) is 5.56 Å². The van der Waals surface area contributed by atoms with E-state index in [1.54, 1.807) is 0 Å². The normalized spacial score (nSPS) is 13.8. The molecule has 0 saturated carbocycles. The van der Waals surface area contributed by atoms with Crippen LogP contribution >= 0.6 is 0 Å². The lowest BCUT2D eigenvalue weighted by molar-refractivity contribution is 0.288. The zero-order valence-electron chi connectivity index (χ0n) is 10.2. The van der Waals surface area contributed by atoms with Gasteiger partial charge in [-0.15, -0.1) is 0 Å². The number of aromatic amines is 1. The molecule has 0 saturated heterocycles. The molecule has 0 bridgehead atoms. The summed E-state index contributed by atoms with van der Waals surface area (Å²) in [6.07, 6.45) is 2.06. The van der Waals surface area contributed by atoms with Gasteiger partial charge in [-0.1, -0.05) is 0 Å². The summed E-state index contributed by atoms with van der Waals surface area (Å²) in [6, 6.07) is 7.86. The summed E-state index contributed by atoms with van der Waals surface area (Å²) in [4.78, 5) is 18.0. The number of aromatic nitrogens is 2. The molecule has 0 amide bonds. The Morgan fingerprint density at radius 1 is 1.33 bits per heavy atom. The molecule has 2 aromatic rings. The summed E-state index contributed by atoms with van der Waals surface area (Å²) in [6.45, 7) is 2.64.